The van der Waals surface area contributed by atoms with Gasteiger partial charge < -0.3 is 0 Å². The Morgan fingerprint density at radius 2 is 1.92 bits per heavy atom. The van der Waals surface area contributed by atoms with Gasteiger partial charge >= 0.3 is 0 Å². The van der Waals surface area contributed by atoms with Crippen molar-refractivity contribution in [3.63, 3.8) is 0 Å². The van der Waals surface area contributed by atoms with Gasteiger partial charge in [-0.2, -0.15) is 0 Å². The van der Waals surface area contributed by atoms with Gasteiger partial charge in [0.25, 0.3) is 5.91 Å². The van der Waals surface area contributed by atoms with Gasteiger partial charge in [-0.15, -0.1) is 0 Å². The molecule has 1 aliphatic rings. The predicted molar refractivity (Wildman–Crippen MR) is 87.8 cm³/mol. The van der Waals surface area contributed by atoms with E-state index in [9.17, 15) is 19.6 Å². The number of likely N-dealkylation sites (tertiary alicyclic amines) is 1. The molecule has 3 amide bonds. The lowest BCUT2D eigenvalue weighted by molar-refractivity contribution is -0.179. The molecule has 0 saturated carbocycles. The minimum Gasteiger partial charge on any atom is -0.285 e. The number of imide groups is 1. The summed E-state index contributed by atoms with van der Waals surface area (Å²) in [6.45, 7) is 2.23. The van der Waals surface area contributed by atoms with Gasteiger partial charge in [-0.05, 0) is 12.0 Å². The lowest BCUT2D eigenvalue weighted by atomic mass is 10.1. The van der Waals surface area contributed by atoms with Crippen molar-refractivity contribution in [3.8, 4) is 0 Å². The first-order chi connectivity index (χ1) is 11.5. The maximum absolute atomic E-state index is 12.4. The SMILES string of the molecule is CCCCCCC(=O)N(O)[C@H]1CC(=O)N(Cc2ccccc2)C1=O. The van der Waals surface area contributed by atoms with Gasteiger partial charge in [-0.1, -0.05) is 56.5 Å². The van der Waals surface area contributed by atoms with Crippen molar-refractivity contribution in [2.75, 3.05) is 0 Å². The largest absolute Gasteiger partial charge is 0.285 e. The Balaban J connectivity index is 1.93. The zero-order chi connectivity index (χ0) is 17.5. The van der Waals surface area contributed by atoms with Crippen LogP contribution in [0.1, 0.15) is 51.0 Å². The molecule has 1 saturated heterocycles. The molecule has 1 fully saturated rings. The monoisotopic (exact) mass is 332 g/mol. The van der Waals surface area contributed by atoms with Crippen LogP contribution in [0.4, 0.5) is 0 Å². The van der Waals surface area contributed by atoms with E-state index >= 15 is 0 Å². The highest BCUT2D eigenvalue weighted by molar-refractivity contribution is 6.06. The van der Waals surface area contributed by atoms with Gasteiger partial charge in [0, 0.05) is 6.42 Å². The van der Waals surface area contributed by atoms with E-state index in [-0.39, 0.29) is 25.3 Å². The van der Waals surface area contributed by atoms with Crippen LogP contribution < -0.4 is 0 Å². The normalized spacial score (nSPS) is 17.4. The number of hydrogen-bond donors (Lipinski definition) is 1. The van der Waals surface area contributed by atoms with E-state index in [1.807, 2.05) is 30.3 Å². The number of amides is 3. The molecule has 1 aromatic carbocycles. The summed E-state index contributed by atoms with van der Waals surface area (Å²) in [5.74, 6) is -1.39. The standard InChI is InChI=1S/C18H24N2O4/c1-2-3-4-8-11-16(21)20(24)15-12-17(22)19(18(15)23)13-14-9-6-5-7-10-14/h5-7,9-10,15,24H,2-4,8,11-13H2,1H3/t15-/m0/s1. The number of rotatable bonds is 8. The van der Waals surface area contributed by atoms with Crippen molar-refractivity contribution in [3.05, 3.63) is 35.9 Å². The summed E-state index contributed by atoms with van der Waals surface area (Å²) in [4.78, 5) is 37.6. The van der Waals surface area contributed by atoms with Gasteiger partial charge in [-0.3, -0.25) is 24.5 Å². The fraction of sp³-hybridized carbons (Fsp3) is 0.500. The highest BCUT2D eigenvalue weighted by atomic mass is 16.5. The molecule has 1 atom stereocenters. The molecule has 6 heteroatoms. The van der Waals surface area contributed by atoms with E-state index in [1.54, 1.807) is 0 Å². The van der Waals surface area contributed by atoms with Crippen molar-refractivity contribution >= 4 is 17.7 Å². The summed E-state index contributed by atoms with van der Waals surface area (Å²) < 4.78 is 0. The fourth-order valence-electron chi connectivity index (χ4n) is 2.78. The number of benzene rings is 1. The highest BCUT2D eigenvalue weighted by Gasteiger charge is 2.43. The molecule has 1 heterocycles. The van der Waals surface area contributed by atoms with E-state index in [2.05, 4.69) is 6.92 Å². The van der Waals surface area contributed by atoms with Crippen LogP contribution in [-0.4, -0.2) is 38.9 Å². The number of hydroxylamine groups is 2. The van der Waals surface area contributed by atoms with Crippen molar-refractivity contribution in [1.29, 1.82) is 0 Å². The van der Waals surface area contributed by atoms with Gasteiger partial charge in [0.2, 0.25) is 11.8 Å². The summed E-state index contributed by atoms with van der Waals surface area (Å²) in [6.07, 6.45) is 3.70. The highest BCUT2D eigenvalue weighted by Crippen LogP contribution is 2.21. The number of hydrogen-bond acceptors (Lipinski definition) is 4. The van der Waals surface area contributed by atoms with Crippen molar-refractivity contribution in [1.82, 2.24) is 9.96 Å². The number of unbranched alkanes of at least 4 members (excludes halogenated alkanes) is 3. The number of carbonyl (C=O) groups excluding carboxylic acids is 3. The molecular weight excluding hydrogens is 308 g/mol. The van der Waals surface area contributed by atoms with Crippen LogP contribution in [0.25, 0.3) is 0 Å². The molecule has 0 radical (unpaired) electrons. The molecule has 130 valence electrons. The van der Waals surface area contributed by atoms with Crippen molar-refractivity contribution < 1.29 is 19.6 Å². The van der Waals surface area contributed by atoms with Crippen LogP contribution in [0.2, 0.25) is 0 Å². The first-order valence-electron chi connectivity index (χ1n) is 8.43. The molecule has 1 aromatic rings. The third-order valence-electron chi connectivity index (χ3n) is 4.20. The molecule has 24 heavy (non-hydrogen) atoms. The van der Waals surface area contributed by atoms with Crippen LogP contribution in [0.3, 0.4) is 0 Å². The summed E-state index contributed by atoms with van der Waals surface area (Å²) >= 11 is 0. The first-order valence-corrected chi connectivity index (χ1v) is 8.43. The average molecular weight is 332 g/mol. The quantitative estimate of drug-likeness (QED) is 0.343. The smallest absolute Gasteiger partial charge is 0.255 e. The predicted octanol–water partition coefficient (Wildman–Crippen LogP) is 2.50. The minimum absolute atomic E-state index is 0.160. The van der Waals surface area contributed by atoms with Crippen LogP contribution in [-0.2, 0) is 20.9 Å². The summed E-state index contributed by atoms with van der Waals surface area (Å²) in [7, 11) is 0. The lowest BCUT2D eigenvalue weighted by Gasteiger charge is -2.21. The Kier molecular flexibility index (Phi) is 6.49. The second-order valence-electron chi connectivity index (χ2n) is 6.07. The van der Waals surface area contributed by atoms with Gasteiger partial charge in [0.1, 0.15) is 6.04 Å². The molecule has 0 bridgehead atoms. The Morgan fingerprint density at radius 3 is 2.58 bits per heavy atom. The summed E-state index contributed by atoms with van der Waals surface area (Å²) in [5.41, 5.74) is 0.829. The van der Waals surface area contributed by atoms with Crippen LogP contribution in [0.5, 0.6) is 0 Å². The van der Waals surface area contributed by atoms with Gasteiger partial charge in [0.15, 0.2) is 0 Å². The van der Waals surface area contributed by atoms with E-state index in [1.165, 1.54) is 0 Å². The number of nitrogens with zero attached hydrogens (tertiary/aromatic N) is 2. The Hall–Kier alpha value is -2.21. The first kappa shape index (κ1) is 18.1. The minimum atomic E-state index is -1.10. The summed E-state index contributed by atoms with van der Waals surface area (Å²) in [6, 6.07) is 8.06. The van der Waals surface area contributed by atoms with Gasteiger partial charge in [0.05, 0.1) is 13.0 Å². The molecule has 0 aliphatic carbocycles. The van der Waals surface area contributed by atoms with Crippen molar-refractivity contribution in [2.45, 2.75) is 58.0 Å². The number of carbonyl (C=O) groups is 3. The molecule has 0 unspecified atom stereocenters. The van der Waals surface area contributed by atoms with Crippen LogP contribution >= 0.6 is 0 Å². The second kappa shape index (κ2) is 8.59. The molecular formula is C18H24N2O4. The van der Waals surface area contributed by atoms with Crippen molar-refractivity contribution in [2.24, 2.45) is 0 Å². The van der Waals surface area contributed by atoms with E-state index < -0.39 is 17.9 Å². The van der Waals surface area contributed by atoms with E-state index in [0.29, 0.717) is 11.5 Å². The molecule has 0 aromatic heterocycles. The van der Waals surface area contributed by atoms with Crippen LogP contribution in [0, 0.1) is 0 Å². The molecule has 6 nitrogen and oxygen atoms in total. The maximum Gasteiger partial charge on any atom is 0.255 e. The van der Waals surface area contributed by atoms with E-state index in [0.717, 1.165) is 29.7 Å². The molecule has 2 rings (SSSR count). The third-order valence-corrected chi connectivity index (χ3v) is 4.20. The average Bonchev–Trinajstić information content (AvgIpc) is 2.87. The molecule has 1 aliphatic heterocycles. The van der Waals surface area contributed by atoms with Crippen LogP contribution in [0.15, 0.2) is 30.3 Å². The van der Waals surface area contributed by atoms with Gasteiger partial charge in [-0.25, -0.2) is 5.06 Å². The Bertz CT molecular complexity index is 588. The second-order valence-corrected chi connectivity index (χ2v) is 6.07. The fourth-order valence-corrected chi connectivity index (χ4v) is 2.78. The zero-order valence-corrected chi connectivity index (χ0v) is 14.0. The molecule has 1 N–H and O–H groups in total. The zero-order valence-electron chi connectivity index (χ0n) is 14.0. The maximum atomic E-state index is 12.4. The Morgan fingerprint density at radius 1 is 1.21 bits per heavy atom. The third kappa shape index (κ3) is 4.41. The molecule has 0 spiro atoms. The topological polar surface area (TPSA) is 77.9 Å². The van der Waals surface area contributed by atoms with E-state index in [4.69, 9.17) is 0 Å². The lowest BCUT2D eigenvalue weighted by Crippen LogP contribution is -2.43. The summed E-state index contributed by atoms with van der Waals surface area (Å²) in [5, 5.41) is 10.5. The Labute approximate surface area is 142 Å².